The SMILES string of the molecule is CCOc1ccc(CCNc2nc3ccc(Cl)cc3n3cnnc23)cc1OCC. The topological polar surface area (TPSA) is 73.6 Å². The van der Waals surface area contributed by atoms with E-state index in [0.29, 0.717) is 36.2 Å². The van der Waals surface area contributed by atoms with Crippen LogP contribution in [0.2, 0.25) is 5.02 Å². The summed E-state index contributed by atoms with van der Waals surface area (Å²) in [4.78, 5) is 4.70. The van der Waals surface area contributed by atoms with Crippen LogP contribution in [0.5, 0.6) is 11.5 Å². The molecule has 0 radical (unpaired) electrons. The van der Waals surface area contributed by atoms with E-state index in [2.05, 4.69) is 21.6 Å². The number of fused-ring (bicyclic) bond motifs is 3. The second-order valence-corrected chi connectivity index (χ2v) is 6.88. The maximum Gasteiger partial charge on any atom is 0.203 e. The van der Waals surface area contributed by atoms with Gasteiger partial charge >= 0.3 is 0 Å². The lowest BCUT2D eigenvalue weighted by atomic mass is 10.1. The van der Waals surface area contributed by atoms with Crippen molar-refractivity contribution in [3.05, 3.63) is 53.3 Å². The fraction of sp³-hybridized carbons (Fsp3) is 0.286. The van der Waals surface area contributed by atoms with Gasteiger partial charge in [-0.2, -0.15) is 0 Å². The highest BCUT2D eigenvalue weighted by atomic mass is 35.5. The molecule has 2 heterocycles. The summed E-state index contributed by atoms with van der Waals surface area (Å²) in [5.41, 5.74) is 3.51. The highest BCUT2D eigenvalue weighted by Crippen LogP contribution is 2.29. The number of nitrogens with one attached hydrogen (secondary N) is 1. The third kappa shape index (κ3) is 4.05. The van der Waals surface area contributed by atoms with Gasteiger partial charge in [-0.3, -0.25) is 4.40 Å². The largest absolute Gasteiger partial charge is 0.490 e. The highest BCUT2D eigenvalue weighted by molar-refractivity contribution is 6.31. The van der Waals surface area contributed by atoms with Crippen molar-refractivity contribution in [1.29, 1.82) is 0 Å². The van der Waals surface area contributed by atoms with Gasteiger partial charge in [0.25, 0.3) is 0 Å². The third-order valence-corrected chi connectivity index (χ3v) is 4.74. The van der Waals surface area contributed by atoms with Gasteiger partial charge in [-0.25, -0.2) is 4.98 Å². The van der Waals surface area contributed by atoms with Gasteiger partial charge in [-0.15, -0.1) is 10.2 Å². The quantitative estimate of drug-likeness (QED) is 0.463. The molecule has 4 aromatic rings. The third-order valence-electron chi connectivity index (χ3n) is 4.50. The van der Waals surface area contributed by atoms with Crippen molar-refractivity contribution in [3.63, 3.8) is 0 Å². The number of rotatable bonds is 8. The van der Waals surface area contributed by atoms with E-state index in [0.717, 1.165) is 34.5 Å². The summed E-state index contributed by atoms with van der Waals surface area (Å²) in [7, 11) is 0. The lowest BCUT2D eigenvalue weighted by Gasteiger charge is -2.13. The van der Waals surface area contributed by atoms with Crippen LogP contribution in [0.3, 0.4) is 0 Å². The standard InChI is InChI=1S/C21H22ClN5O2/c1-3-28-18-8-5-14(11-19(18)29-4-2)9-10-23-20-21-26-24-13-27(21)17-12-15(22)6-7-16(17)25-20/h5-8,11-13H,3-4,9-10H2,1-2H3,(H,23,25). The molecule has 0 saturated carbocycles. The maximum absolute atomic E-state index is 6.13. The molecule has 150 valence electrons. The minimum absolute atomic E-state index is 0.595. The number of hydrogen-bond acceptors (Lipinski definition) is 6. The molecule has 8 heteroatoms. The van der Waals surface area contributed by atoms with Crippen LogP contribution in [0, 0.1) is 0 Å². The van der Waals surface area contributed by atoms with E-state index in [1.165, 1.54) is 0 Å². The van der Waals surface area contributed by atoms with Gasteiger partial charge in [0, 0.05) is 11.6 Å². The molecular formula is C21H22ClN5O2. The lowest BCUT2D eigenvalue weighted by molar-refractivity contribution is 0.287. The summed E-state index contributed by atoms with van der Waals surface area (Å²) >= 11 is 6.13. The number of aromatic nitrogens is 4. The van der Waals surface area contributed by atoms with Crippen molar-refractivity contribution in [2.75, 3.05) is 25.1 Å². The second-order valence-electron chi connectivity index (χ2n) is 6.44. The van der Waals surface area contributed by atoms with Crippen LogP contribution >= 0.6 is 11.6 Å². The molecule has 2 aromatic heterocycles. The Morgan fingerprint density at radius 1 is 1.03 bits per heavy atom. The Morgan fingerprint density at radius 3 is 2.69 bits per heavy atom. The fourth-order valence-electron chi connectivity index (χ4n) is 3.22. The van der Waals surface area contributed by atoms with E-state index in [-0.39, 0.29) is 0 Å². The van der Waals surface area contributed by atoms with Gasteiger partial charge in [0.15, 0.2) is 17.3 Å². The van der Waals surface area contributed by atoms with Crippen molar-refractivity contribution in [1.82, 2.24) is 19.6 Å². The molecule has 1 N–H and O–H groups in total. The lowest BCUT2D eigenvalue weighted by Crippen LogP contribution is -2.09. The molecule has 0 amide bonds. The fourth-order valence-corrected chi connectivity index (χ4v) is 3.39. The summed E-state index contributed by atoms with van der Waals surface area (Å²) in [6.45, 7) is 5.82. The molecule has 7 nitrogen and oxygen atoms in total. The number of ether oxygens (including phenoxy) is 2. The average Bonchev–Trinajstić information content (AvgIpc) is 3.21. The minimum atomic E-state index is 0.595. The number of halogens is 1. The summed E-state index contributed by atoms with van der Waals surface area (Å²) in [5, 5.41) is 12.3. The summed E-state index contributed by atoms with van der Waals surface area (Å²) in [5.74, 6) is 2.23. The number of anilines is 1. The Kier molecular flexibility index (Phi) is 5.67. The van der Waals surface area contributed by atoms with E-state index in [9.17, 15) is 0 Å². The maximum atomic E-state index is 6.13. The predicted molar refractivity (Wildman–Crippen MR) is 114 cm³/mol. The van der Waals surface area contributed by atoms with Crippen molar-refractivity contribution in [2.45, 2.75) is 20.3 Å². The molecular weight excluding hydrogens is 390 g/mol. The summed E-state index contributed by atoms with van der Waals surface area (Å²) in [6.07, 6.45) is 2.47. The molecule has 0 bridgehead atoms. The summed E-state index contributed by atoms with van der Waals surface area (Å²) < 4.78 is 13.2. The van der Waals surface area contributed by atoms with Gasteiger partial charge < -0.3 is 14.8 Å². The van der Waals surface area contributed by atoms with Crippen LogP contribution in [-0.4, -0.2) is 39.3 Å². The van der Waals surface area contributed by atoms with Gasteiger partial charge in [0.2, 0.25) is 5.65 Å². The van der Waals surface area contributed by atoms with Crippen LogP contribution in [0.15, 0.2) is 42.7 Å². The normalized spacial score (nSPS) is 11.1. The number of nitrogens with zero attached hydrogens (tertiary/aromatic N) is 4. The zero-order valence-corrected chi connectivity index (χ0v) is 17.1. The minimum Gasteiger partial charge on any atom is -0.490 e. The zero-order chi connectivity index (χ0) is 20.2. The molecule has 0 aliphatic carbocycles. The molecule has 0 aliphatic rings. The van der Waals surface area contributed by atoms with Gasteiger partial charge in [0.05, 0.1) is 24.2 Å². The van der Waals surface area contributed by atoms with Crippen LogP contribution < -0.4 is 14.8 Å². The molecule has 0 spiro atoms. The first-order valence-corrected chi connectivity index (χ1v) is 9.98. The van der Waals surface area contributed by atoms with Gasteiger partial charge in [-0.1, -0.05) is 17.7 Å². The van der Waals surface area contributed by atoms with Crippen LogP contribution in [0.25, 0.3) is 16.7 Å². The van der Waals surface area contributed by atoms with Gasteiger partial charge in [-0.05, 0) is 56.2 Å². The summed E-state index contributed by atoms with van der Waals surface area (Å²) in [6, 6.07) is 11.6. The Labute approximate surface area is 173 Å². The van der Waals surface area contributed by atoms with Crippen molar-refractivity contribution in [2.24, 2.45) is 0 Å². The van der Waals surface area contributed by atoms with E-state index in [4.69, 9.17) is 26.1 Å². The highest BCUT2D eigenvalue weighted by Gasteiger charge is 2.11. The smallest absolute Gasteiger partial charge is 0.203 e. The van der Waals surface area contributed by atoms with E-state index in [1.807, 2.05) is 48.6 Å². The molecule has 29 heavy (non-hydrogen) atoms. The van der Waals surface area contributed by atoms with Crippen LogP contribution in [-0.2, 0) is 6.42 Å². The molecule has 0 aliphatic heterocycles. The second kappa shape index (κ2) is 8.53. The molecule has 0 unspecified atom stereocenters. The molecule has 0 atom stereocenters. The molecule has 0 fully saturated rings. The Bertz CT molecular complexity index is 1140. The van der Waals surface area contributed by atoms with E-state index in [1.54, 1.807) is 6.33 Å². The van der Waals surface area contributed by atoms with Crippen molar-refractivity contribution in [3.8, 4) is 11.5 Å². The number of hydrogen-bond donors (Lipinski definition) is 1. The van der Waals surface area contributed by atoms with E-state index < -0.39 is 0 Å². The van der Waals surface area contributed by atoms with Crippen molar-refractivity contribution < 1.29 is 9.47 Å². The van der Waals surface area contributed by atoms with Crippen molar-refractivity contribution >= 4 is 34.1 Å². The van der Waals surface area contributed by atoms with Crippen LogP contribution in [0.4, 0.5) is 5.82 Å². The Morgan fingerprint density at radius 2 is 1.86 bits per heavy atom. The molecule has 0 saturated heterocycles. The van der Waals surface area contributed by atoms with Gasteiger partial charge in [0.1, 0.15) is 6.33 Å². The molecule has 4 rings (SSSR count). The predicted octanol–water partition coefficient (Wildman–Crippen LogP) is 4.38. The molecule has 2 aromatic carbocycles. The monoisotopic (exact) mass is 411 g/mol. The first-order chi connectivity index (χ1) is 14.2. The Balaban J connectivity index is 1.53. The zero-order valence-electron chi connectivity index (χ0n) is 16.4. The Hall–Kier alpha value is -3.06. The average molecular weight is 412 g/mol. The number of benzene rings is 2. The van der Waals surface area contributed by atoms with E-state index >= 15 is 0 Å². The first kappa shape index (κ1) is 19.3. The van der Waals surface area contributed by atoms with Crippen LogP contribution in [0.1, 0.15) is 19.4 Å². The first-order valence-electron chi connectivity index (χ1n) is 9.61.